The van der Waals surface area contributed by atoms with E-state index in [2.05, 4.69) is 31.5 Å². The molecule has 0 N–H and O–H groups in total. The molecule has 3 nitrogen and oxygen atoms in total. The van der Waals surface area contributed by atoms with Crippen molar-refractivity contribution in [3.8, 4) is 0 Å². The van der Waals surface area contributed by atoms with Gasteiger partial charge in [-0.2, -0.15) is 8.42 Å². The largest absolute Gasteiger partial charge is 0.297 e. The highest BCUT2D eigenvalue weighted by Gasteiger charge is 2.17. The van der Waals surface area contributed by atoms with Crippen LogP contribution in [0.3, 0.4) is 0 Å². The van der Waals surface area contributed by atoms with Crippen molar-refractivity contribution in [1.82, 2.24) is 0 Å². The molecule has 0 aliphatic heterocycles. The molecule has 0 saturated carbocycles. The fourth-order valence-corrected chi connectivity index (χ4v) is 2.09. The Balaban J connectivity index is 2.99. The quantitative estimate of drug-likeness (QED) is 0.775. The van der Waals surface area contributed by atoms with Crippen LogP contribution in [0, 0.1) is 6.61 Å². The average molecular weight is 253 g/mol. The smallest absolute Gasteiger partial charge is 0.256 e. The Morgan fingerprint density at radius 1 is 1.18 bits per heavy atom. The van der Waals surface area contributed by atoms with Crippen LogP contribution in [0.4, 0.5) is 0 Å². The van der Waals surface area contributed by atoms with Crippen molar-refractivity contribution in [3.63, 3.8) is 0 Å². The average Bonchev–Trinajstić information content (AvgIpc) is 2.25. The summed E-state index contributed by atoms with van der Waals surface area (Å²) in [5, 5.41) is 0. The van der Waals surface area contributed by atoms with Gasteiger partial charge in [0.15, 0.2) is 0 Å². The van der Waals surface area contributed by atoms with E-state index in [4.69, 9.17) is 0 Å². The third kappa shape index (κ3) is 3.68. The van der Waals surface area contributed by atoms with Gasteiger partial charge in [0.2, 0.25) is 0 Å². The zero-order valence-corrected chi connectivity index (χ0v) is 11.1. The SMILES string of the molecule is C=C[CH]OS(=O)(=O)c1ccc(C(C)(C)C)cc1. The maximum absolute atomic E-state index is 11.7. The van der Waals surface area contributed by atoms with Crippen molar-refractivity contribution in [3.05, 3.63) is 49.1 Å². The van der Waals surface area contributed by atoms with Gasteiger partial charge in [-0.3, -0.25) is 4.18 Å². The summed E-state index contributed by atoms with van der Waals surface area (Å²) in [4.78, 5) is 0.142. The van der Waals surface area contributed by atoms with Gasteiger partial charge in [-0.05, 0) is 23.1 Å². The van der Waals surface area contributed by atoms with Crippen molar-refractivity contribution in [1.29, 1.82) is 0 Å². The predicted octanol–water partition coefficient (Wildman–Crippen LogP) is 3.04. The van der Waals surface area contributed by atoms with Gasteiger partial charge < -0.3 is 0 Å². The second kappa shape index (κ2) is 5.02. The summed E-state index contributed by atoms with van der Waals surface area (Å²) < 4.78 is 27.9. The minimum Gasteiger partial charge on any atom is -0.256 e. The molecule has 1 radical (unpaired) electrons. The first kappa shape index (κ1) is 13.9. The Morgan fingerprint density at radius 2 is 1.71 bits per heavy atom. The highest BCUT2D eigenvalue weighted by Crippen LogP contribution is 2.24. The van der Waals surface area contributed by atoms with E-state index in [1.165, 1.54) is 6.08 Å². The fraction of sp³-hybridized carbons (Fsp3) is 0.308. The number of hydrogen-bond acceptors (Lipinski definition) is 3. The number of benzene rings is 1. The highest BCUT2D eigenvalue weighted by atomic mass is 32.2. The van der Waals surface area contributed by atoms with Crippen LogP contribution >= 0.6 is 0 Å². The zero-order valence-electron chi connectivity index (χ0n) is 10.3. The van der Waals surface area contributed by atoms with E-state index < -0.39 is 10.1 Å². The van der Waals surface area contributed by atoms with Gasteiger partial charge >= 0.3 is 0 Å². The third-order valence-corrected chi connectivity index (χ3v) is 3.50. The molecule has 0 unspecified atom stereocenters. The molecule has 0 aliphatic carbocycles. The van der Waals surface area contributed by atoms with E-state index in [-0.39, 0.29) is 10.3 Å². The van der Waals surface area contributed by atoms with Crippen LogP contribution in [0.1, 0.15) is 26.3 Å². The Kier molecular flexibility index (Phi) is 4.11. The lowest BCUT2D eigenvalue weighted by Gasteiger charge is -2.18. The van der Waals surface area contributed by atoms with Crippen molar-refractivity contribution in [2.24, 2.45) is 0 Å². The van der Waals surface area contributed by atoms with Crippen LogP contribution in [0.2, 0.25) is 0 Å². The van der Waals surface area contributed by atoms with Crippen molar-refractivity contribution < 1.29 is 12.6 Å². The first-order valence-electron chi connectivity index (χ1n) is 5.25. The Bertz CT molecular complexity index is 478. The molecule has 0 fully saturated rings. The molecule has 0 saturated heterocycles. The molecule has 0 spiro atoms. The predicted molar refractivity (Wildman–Crippen MR) is 67.9 cm³/mol. The molecule has 0 aromatic heterocycles. The van der Waals surface area contributed by atoms with Crippen LogP contribution < -0.4 is 0 Å². The molecule has 0 amide bonds. The molecule has 1 rings (SSSR count). The molecule has 1 aromatic rings. The molecule has 93 valence electrons. The van der Waals surface area contributed by atoms with E-state index in [9.17, 15) is 8.42 Å². The van der Waals surface area contributed by atoms with E-state index in [0.29, 0.717) is 0 Å². The first-order chi connectivity index (χ1) is 7.77. The second-order valence-electron chi connectivity index (χ2n) is 4.70. The molecular weight excluding hydrogens is 236 g/mol. The van der Waals surface area contributed by atoms with Crippen molar-refractivity contribution in [2.75, 3.05) is 0 Å². The monoisotopic (exact) mass is 253 g/mol. The molecular formula is C13H17O3S. The summed E-state index contributed by atoms with van der Waals surface area (Å²) >= 11 is 0. The van der Waals surface area contributed by atoms with Gasteiger partial charge in [0.25, 0.3) is 10.1 Å². The molecule has 0 aliphatic rings. The van der Waals surface area contributed by atoms with E-state index in [1.54, 1.807) is 24.3 Å². The molecule has 4 heteroatoms. The van der Waals surface area contributed by atoms with Crippen LogP contribution in [-0.4, -0.2) is 8.42 Å². The van der Waals surface area contributed by atoms with Gasteiger partial charge in [0, 0.05) is 0 Å². The summed E-state index contributed by atoms with van der Waals surface area (Å²) in [6.45, 7) is 10.6. The van der Waals surface area contributed by atoms with Crippen LogP contribution in [-0.2, 0) is 19.7 Å². The van der Waals surface area contributed by atoms with Crippen LogP contribution in [0.15, 0.2) is 41.8 Å². The summed E-state index contributed by atoms with van der Waals surface area (Å²) in [6, 6.07) is 6.69. The summed E-state index contributed by atoms with van der Waals surface area (Å²) in [6.07, 6.45) is 1.28. The number of rotatable bonds is 4. The summed E-state index contributed by atoms with van der Waals surface area (Å²) in [5.41, 5.74) is 1.07. The van der Waals surface area contributed by atoms with Gasteiger partial charge in [-0.15, -0.1) is 6.58 Å². The minimum atomic E-state index is -3.71. The van der Waals surface area contributed by atoms with Crippen molar-refractivity contribution >= 4 is 10.1 Å². The summed E-state index contributed by atoms with van der Waals surface area (Å²) in [7, 11) is -3.71. The molecule has 0 heterocycles. The lowest BCUT2D eigenvalue weighted by molar-refractivity contribution is 0.412. The van der Waals surface area contributed by atoms with Crippen LogP contribution in [0.25, 0.3) is 0 Å². The van der Waals surface area contributed by atoms with Crippen LogP contribution in [0.5, 0.6) is 0 Å². The van der Waals surface area contributed by atoms with E-state index in [1.807, 2.05) is 0 Å². The highest BCUT2D eigenvalue weighted by molar-refractivity contribution is 7.86. The first-order valence-corrected chi connectivity index (χ1v) is 6.66. The van der Waals surface area contributed by atoms with Gasteiger partial charge in [0.05, 0.1) is 4.90 Å². The van der Waals surface area contributed by atoms with E-state index in [0.717, 1.165) is 12.2 Å². The van der Waals surface area contributed by atoms with Gasteiger partial charge in [-0.25, -0.2) is 0 Å². The van der Waals surface area contributed by atoms with Gasteiger partial charge in [-0.1, -0.05) is 39.0 Å². The lowest BCUT2D eigenvalue weighted by Crippen LogP contribution is -2.11. The van der Waals surface area contributed by atoms with Gasteiger partial charge in [0.1, 0.15) is 6.61 Å². The fourth-order valence-electron chi connectivity index (χ4n) is 1.29. The molecule has 17 heavy (non-hydrogen) atoms. The molecule has 0 atom stereocenters. The second-order valence-corrected chi connectivity index (χ2v) is 6.27. The topological polar surface area (TPSA) is 43.4 Å². The Hall–Kier alpha value is -1.13. The lowest BCUT2D eigenvalue weighted by atomic mass is 9.87. The zero-order chi connectivity index (χ0) is 13.1. The normalized spacial score (nSPS) is 12.4. The maximum atomic E-state index is 11.7. The Morgan fingerprint density at radius 3 is 2.12 bits per heavy atom. The molecule has 1 aromatic carbocycles. The standard InChI is InChI=1S/C13H17O3S/c1-5-10-16-17(14,15)12-8-6-11(7-9-12)13(2,3)4/h5-10H,1H2,2-4H3. The minimum absolute atomic E-state index is 0.00358. The number of hydrogen-bond donors (Lipinski definition) is 0. The van der Waals surface area contributed by atoms with E-state index >= 15 is 0 Å². The maximum Gasteiger partial charge on any atom is 0.297 e. The molecule has 0 bridgehead atoms. The van der Waals surface area contributed by atoms with Crippen molar-refractivity contribution in [2.45, 2.75) is 31.1 Å². The Labute approximate surface area is 103 Å². The third-order valence-electron chi connectivity index (χ3n) is 2.29. The summed E-state index contributed by atoms with van der Waals surface area (Å²) in [5.74, 6) is 0.